The van der Waals surface area contributed by atoms with Crippen molar-refractivity contribution < 1.29 is 9.84 Å². The van der Waals surface area contributed by atoms with E-state index < -0.39 is 0 Å². The van der Waals surface area contributed by atoms with Crippen LogP contribution in [-0.2, 0) is 4.74 Å². The van der Waals surface area contributed by atoms with Crippen LogP contribution in [0.3, 0.4) is 0 Å². The lowest BCUT2D eigenvalue weighted by molar-refractivity contribution is 0.0129. The van der Waals surface area contributed by atoms with E-state index in [1.54, 1.807) is 11.3 Å². The molecule has 0 unspecified atom stereocenters. The van der Waals surface area contributed by atoms with Crippen molar-refractivity contribution in [1.29, 1.82) is 0 Å². The van der Waals surface area contributed by atoms with Gasteiger partial charge < -0.3 is 14.7 Å². The number of rotatable bonds is 2. The van der Waals surface area contributed by atoms with Crippen molar-refractivity contribution in [1.82, 2.24) is 4.98 Å². The average Bonchev–Trinajstić information content (AvgIpc) is 3.23. The van der Waals surface area contributed by atoms with E-state index in [0.717, 1.165) is 36.6 Å². The fourth-order valence-corrected chi connectivity index (χ4v) is 5.55. The molecule has 4 atom stereocenters. The standard InChI is InChI=1S/C16H18N2O2S/c19-8-10-11-7-18(9-16(11)6-5-13(10)20-16)15-17-12-3-1-2-4-14(12)21-15/h1-4,10-11,13,19H,5-9H2/t10-,11+,13+,16+/m0/s1. The van der Waals surface area contributed by atoms with Gasteiger partial charge in [-0.15, -0.1) is 0 Å². The summed E-state index contributed by atoms with van der Waals surface area (Å²) in [7, 11) is 0. The third kappa shape index (κ3) is 1.59. The molecule has 1 spiro atoms. The second kappa shape index (κ2) is 4.18. The van der Waals surface area contributed by atoms with Crippen LogP contribution in [0.1, 0.15) is 12.8 Å². The van der Waals surface area contributed by atoms with Crippen LogP contribution in [0, 0.1) is 11.8 Å². The molecule has 21 heavy (non-hydrogen) atoms. The van der Waals surface area contributed by atoms with Gasteiger partial charge in [-0.25, -0.2) is 4.98 Å². The molecule has 5 heteroatoms. The number of hydrogen-bond acceptors (Lipinski definition) is 5. The molecule has 110 valence electrons. The Morgan fingerprint density at radius 2 is 2.33 bits per heavy atom. The molecule has 3 aliphatic heterocycles. The fourth-order valence-electron chi connectivity index (χ4n) is 4.58. The molecule has 2 bridgehead atoms. The molecule has 0 amide bonds. The molecule has 3 fully saturated rings. The number of thiazole rings is 1. The number of fused-ring (bicyclic) bond motifs is 2. The number of aliphatic hydroxyl groups is 1. The average molecular weight is 302 g/mol. The van der Waals surface area contributed by atoms with Gasteiger partial charge in [0.2, 0.25) is 0 Å². The van der Waals surface area contributed by atoms with Crippen molar-refractivity contribution in [2.75, 3.05) is 24.6 Å². The maximum Gasteiger partial charge on any atom is 0.186 e. The largest absolute Gasteiger partial charge is 0.396 e. The van der Waals surface area contributed by atoms with Gasteiger partial charge in [0.25, 0.3) is 0 Å². The summed E-state index contributed by atoms with van der Waals surface area (Å²) in [6.45, 7) is 2.16. The Morgan fingerprint density at radius 3 is 3.19 bits per heavy atom. The number of aromatic nitrogens is 1. The summed E-state index contributed by atoms with van der Waals surface area (Å²) in [6, 6.07) is 8.30. The highest BCUT2D eigenvalue weighted by molar-refractivity contribution is 7.22. The number of benzene rings is 1. The minimum atomic E-state index is -0.0179. The van der Waals surface area contributed by atoms with Gasteiger partial charge in [0.1, 0.15) is 0 Å². The minimum absolute atomic E-state index is 0.0179. The monoisotopic (exact) mass is 302 g/mol. The summed E-state index contributed by atoms with van der Waals surface area (Å²) >= 11 is 1.76. The van der Waals surface area contributed by atoms with Crippen LogP contribution in [0.25, 0.3) is 10.2 Å². The van der Waals surface area contributed by atoms with Crippen LogP contribution in [0.5, 0.6) is 0 Å². The predicted octanol–water partition coefficient (Wildman–Crippen LogP) is 2.27. The van der Waals surface area contributed by atoms with E-state index in [2.05, 4.69) is 23.1 Å². The Kier molecular flexibility index (Phi) is 2.47. The SMILES string of the molecule is OC[C@H]1[C@H]2CN(c3nc4ccccc4s3)C[C@]23CC[C@H]1O3. The summed E-state index contributed by atoms with van der Waals surface area (Å²) in [5.41, 5.74) is 1.06. The first-order valence-corrected chi connectivity index (χ1v) is 8.50. The molecule has 3 aliphatic rings. The lowest BCUT2D eigenvalue weighted by Gasteiger charge is -2.27. The Balaban J connectivity index is 1.50. The van der Waals surface area contributed by atoms with Crippen LogP contribution in [-0.4, -0.2) is 41.5 Å². The van der Waals surface area contributed by atoms with Crippen LogP contribution in [0.4, 0.5) is 5.13 Å². The van der Waals surface area contributed by atoms with E-state index in [0.29, 0.717) is 11.8 Å². The van der Waals surface area contributed by atoms with Crippen molar-refractivity contribution in [2.24, 2.45) is 11.8 Å². The van der Waals surface area contributed by atoms with E-state index in [-0.39, 0.29) is 18.3 Å². The Labute approximate surface area is 127 Å². The quantitative estimate of drug-likeness (QED) is 0.924. The van der Waals surface area contributed by atoms with Crippen molar-refractivity contribution in [3.05, 3.63) is 24.3 Å². The zero-order valence-corrected chi connectivity index (χ0v) is 12.6. The lowest BCUT2D eigenvalue weighted by atomic mass is 9.74. The van der Waals surface area contributed by atoms with Crippen molar-refractivity contribution in [3.8, 4) is 0 Å². The first kappa shape index (κ1) is 12.4. The van der Waals surface area contributed by atoms with E-state index in [4.69, 9.17) is 9.72 Å². The summed E-state index contributed by atoms with van der Waals surface area (Å²) in [4.78, 5) is 7.15. The molecule has 5 rings (SSSR count). The number of aliphatic hydroxyl groups excluding tert-OH is 1. The smallest absolute Gasteiger partial charge is 0.186 e. The zero-order valence-electron chi connectivity index (χ0n) is 11.7. The van der Waals surface area contributed by atoms with Crippen LogP contribution >= 0.6 is 11.3 Å². The van der Waals surface area contributed by atoms with Gasteiger partial charge in [-0.1, -0.05) is 23.5 Å². The minimum Gasteiger partial charge on any atom is -0.396 e. The number of hydrogen-bond donors (Lipinski definition) is 1. The Morgan fingerprint density at radius 1 is 1.43 bits per heavy atom. The lowest BCUT2D eigenvalue weighted by Crippen LogP contribution is -2.37. The van der Waals surface area contributed by atoms with Crippen molar-refractivity contribution in [3.63, 3.8) is 0 Å². The molecule has 0 aliphatic carbocycles. The van der Waals surface area contributed by atoms with E-state index in [1.165, 1.54) is 4.70 Å². The Bertz CT molecular complexity index is 669. The summed E-state index contributed by atoms with van der Waals surface area (Å²) in [6.07, 6.45) is 2.54. The van der Waals surface area contributed by atoms with E-state index >= 15 is 0 Å². The van der Waals surface area contributed by atoms with Gasteiger partial charge in [0.05, 0.1) is 21.9 Å². The van der Waals surface area contributed by atoms with Crippen molar-refractivity contribution >= 4 is 26.7 Å². The molecular formula is C16H18N2O2S. The molecular weight excluding hydrogens is 284 g/mol. The van der Waals surface area contributed by atoms with Gasteiger partial charge in [0, 0.05) is 31.5 Å². The Hall–Kier alpha value is -1.17. The molecule has 1 aromatic heterocycles. The molecule has 4 nitrogen and oxygen atoms in total. The summed E-state index contributed by atoms with van der Waals surface area (Å²) in [5.74, 6) is 0.784. The topological polar surface area (TPSA) is 45.6 Å². The van der Waals surface area contributed by atoms with Gasteiger partial charge >= 0.3 is 0 Å². The first-order valence-electron chi connectivity index (χ1n) is 7.68. The van der Waals surface area contributed by atoms with Crippen LogP contribution < -0.4 is 4.90 Å². The van der Waals surface area contributed by atoms with Gasteiger partial charge in [-0.05, 0) is 25.0 Å². The summed E-state index contributed by atoms with van der Waals surface area (Å²) in [5, 5.41) is 10.8. The number of ether oxygens (including phenoxy) is 1. The number of para-hydroxylation sites is 1. The molecule has 1 aromatic carbocycles. The van der Waals surface area contributed by atoms with Crippen LogP contribution in [0.15, 0.2) is 24.3 Å². The highest BCUT2D eigenvalue weighted by Gasteiger charge is 2.63. The normalized spacial score (nSPS) is 37.6. The molecule has 0 saturated carbocycles. The number of nitrogens with zero attached hydrogens (tertiary/aromatic N) is 2. The molecule has 3 saturated heterocycles. The van der Waals surface area contributed by atoms with Gasteiger partial charge in [-0.3, -0.25) is 0 Å². The second-order valence-corrected chi connectivity index (χ2v) is 7.57. The highest BCUT2D eigenvalue weighted by atomic mass is 32.1. The molecule has 2 aromatic rings. The molecule has 4 heterocycles. The van der Waals surface area contributed by atoms with Gasteiger partial charge in [0.15, 0.2) is 5.13 Å². The zero-order chi connectivity index (χ0) is 14.0. The number of anilines is 1. The second-order valence-electron chi connectivity index (χ2n) is 6.56. The third-order valence-electron chi connectivity index (χ3n) is 5.55. The first-order chi connectivity index (χ1) is 10.3. The maximum atomic E-state index is 9.69. The maximum absolute atomic E-state index is 9.69. The van der Waals surface area contributed by atoms with E-state index in [9.17, 15) is 5.11 Å². The highest BCUT2D eigenvalue weighted by Crippen LogP contribution is 2.55. The van der Waals surface area contributed by atoms with Gasteiger partial charge in [-0.2, -0.15) is 0 Å². The third-order valence-corrected chi connectivity index (χ3v) is 6.64. The fraction of sp³-hybridized carbons (Fsp3) is 0.562. The predicted molar refractivity (Wildman–Crippen MR) is 82.7 cm³/mol. The molecule has 1 N–H and O–H groups in total. The molecule has 0 radical (unpaired) electrons. The van der Waals surface area contributed by atoms with Crippen molar-refractivity contribution in [2.45, 2.75) is 24.5 Å². The van der Waals surface area contributed by atoms with E-state index in [1.807, 2.05) is 6.07 Å². The summed E-state index contributed by atoms with van der Waals surface area (Å²) < 4.78 is 7.53. The van der Waals surface area contributed by atoms with Crippen LogP contribution in [0.2, 0.25) is 0 Å².